The smallest absolute Gasteiger partial charge is 0.0270 e. The molecule has 0 unspecified atom stereocenters. The number of hydrogen-bond acceptors (Lipinski definition) is 1. The monoisotopic (exact) mass is 362 g/mol. The van der Waals surface area contributed by atoms with Gasteiger partial charge in [0.25, 0.3) is 0 Å². The van der Waals surface area contributed by atoms with Crippen molar-refractivity contribution < 1.29 is 31.1 Å². The Morgan fingerprint density at radius 2 is 1.60 bits per heavy atom. The third kappa shape index (κ3) is 6.32. The summed E-state index contributed by atoms with van der Waals surface area (Å²) in [7, 11) is 0. The Bertz CT molecular complexity index is 139. The van der Waals surface area contributed by atoms with Crippen molar-refractivity contribution in [3.8, 4) is 0 Å². The van der Waals surface area contributed by atoms with Gasteiger partial charge in [-0.2, -0.15) is 0 Å². The normalized spacial score (nSPS) is 6.10. The SMILES string of the molecule is C.Cc1ccncc1.[CH3-].[U]. The average Bonchev–Trinajstić information content (AvgIpc) is 1.69. The Hall–Kier alpha value is 0.202. The second-order valence-corrected chi connectivity index (χ2v) is 1.52. The van der Waals surface area contributed by atoms with Crippen molar-refractivity contribution in [3.05, 3.63) is 37.5 Å². The summed E-state index contributed by atoms with van der Waals surface area (Å²) in [6, 6.07) is 3.94. The molecule has 0 spiro atoms. The molecule has 1 rings (SSSR count). The number of rotatable bonds is 0. The molecule has 0 aliphatic rings. The number of aromatic nitrogens is 1. The maximum atomic E-state index is 3.85. The van der Waals surface area contributed by atoms with Crippen LogP contribution in [0.3, 0.4) is 0 Å². The van der Waals surface area contributed by atoms with Crippen LogP contribution in [0.15, 0.2) is 24.5 Å². The van der Waals surface area contributed by atoms with Crippen LogP contribution >= 0.6 is 0 Å². The van der Waals surface area contributed by atoms with Gasteiger partial charge in [0.1, 0.15) is 0 Å². The second kappa shape index (κ2) is 9.20. The minimum Gasteiger partial charge on any atom is -0.358 e. The molecule has 0 amide bonds. The maximum absolute atomic E-state index is 3.85. The zero-order chi connectivity index (χ0) is 5.11. The second-order valence-electron chi connectivity index (χ2n) is 1.52. The van der Waals surface area contributed by atoms with Crippen LogP contribution in [-0.2, 0) is 0 Å². The maximum Gasteiger partial charge on any atom is 0.0270 e. The zero-order valence-electron chi connectivity index (χ0n) is 5.76. The molecule has 0 saturated carbocycles. The number of pyridine rings is 1. The molecule has 0 bridgehead atoms. The van der Waals surface area contributed by atoms with Crippen LogP contribution in [-0.4, -0.2) is 4.98 Å². The minimum absolute atomic E-state index is 0. The Labute approximate surface area is 87.6 Å². The molecule has 0 N–H and O–H groups in total. The predicted octanol–water partition coefficient (Wildman–Crippen LogP) is 2.48. The summed E-state index contributed by atoms with van der Waals surface area (Å²) in [4.78, 5) is 3.85. The summed E-state index contributed by atoms with van der Waals surface area (Å²) in [6.45, 7) is 2.04. The Morgan fingerprint density at radius 3 is 1.80 bits per heavy atom. The van der Waals surface area contributed by atoms with Crippen LogP contribution < -0.4 is 0 Å². The summed E-state index contributed by atoms with van der Waals surface area (Å²) in [5, 5.41) is 0. The third-order valence-corrected chi connectivity index (χ3v) is 0.847. The number of aryl methyl sites for hydroxylation is 1. The van der Waals surface area contributed by atoms with E-state index < -0.39 is 0 Å². The van der Waals surface area contributed by atoms with Crippen molar-refractivity contribution in [2.24, 2.45) is 0 Å². The van der Waals surface area contributed by atoms with Crippen molar-refractivity contribution in [2.75, 3.05) is 0 Å². The molecule has 1 nitrogen and oxygen atoms in total. The van der Waals surface area contributed by atoms with Crippen LogP contribution in [0.4, 0.5) is 0 Å². The molecule has 0 atom stereocenters. The van der Waals surface area contributed by atoms with E-state index in [4.69, 9.17) is 0 Å². The third-order valence-electron chi connectivity index (χ3n) is 0.847. The molecular formula is C8H14NU-. The van der Waals surface area contributed by atoms with E-state index in [0.717, 1.165) is 0 Å². The van der Waals surface area contributed by atoms with Crippen molar-refractivity contribution in [3.63, 3.8) is 0 Å². The molecule has 0 radical (unpaired) electrons. The van der Waals surface area contributed by atoms with Gasteiger partial charge in [-0.15, -0.1) is 0 Å². The fraction of sp³-hybridized carbons (Fsp3) is 0.250. The summed E-state index contributed by atoms with van der Waals surface area (Å²) in [5.41, 5.74) is 1.26. The summed E-state index contributed by atoms with van der Waals surface area (Å²) in [5.74, 6) is 0. The predicted molar refractivity (Wildman–Crippen MR) is 42.1 cm³/mol. The van der Waals surface area contributed by atoms with Gasteiger partial charge in [-0.25, -0.2) is 0 Å². The largest absolute Gasteiger partial charge is 0.358 e. The molecule has 1 aromatic heterocycles. The molecule has 56 valence electrons. The van der Waals surface area contributed by atoms with Gasteiger partial charge >= 0.3 is 0 Å². The van der Waals surface area contributed by atoms with Gasteiger partial charge < -0.3 is 7.43 Å². The van der Waals surface area contributed by atoms with Crippen molar-refractivity contribution in [1.29, 1.82) is 0 Å². The average molecular weight is 362 g/mol. The molecule has 2 heteroatoms. The molecule has 1 aromatic rings. The van der Waals surface area contributed by atoms with Crippen molar-refractivity contribution in [1.82, 2.24) is 4.98 Å². The summed E-state index contributed by atoms with van der Waals surface area (Å²) >= 11 is 0. The van der Waals surface area contributed by atoms with Gasteiger partial charge in [0.2, 0.25) is 0 Å². The van der Waals surface area contributed by atoms with E-state index in [9.17, 15) is 0 Å². The van der Waals surface area contributed by atoms with Gasteiger partial charge in [0.05, 0.1) is 0 Å². The van der Waals surface area contributed by atoms with Crippen LogP contribution in [0.25, 0.3) is 0 Å². The fourth-order valence-corrected chi connectivity index (χ4v) is 0.426. The Kier molecular flexibility index (Phi) is 15.3. The van der Waals surface area contributed by atoms with Crippen LogP contribution in [0.5, 0.6) is 0 Å². The molecule has 0 aliphatic carbocycles. The fourth-order valence-electron chi connectivity index (χ4n) is 0.426. The molecule has 1 heterocycles. The molecule has 0 aliphatic heterocycles. The van der Waals surface area contributed by atoms with Gasteiger partial charge in [-0.1, -0.05) is 7.43 Å². The van der Waals surface area contributed by atoms with E-state index in [1.165, 1.54) is 5.56 Å². The molecule has 10 heavy (non-hydrogen) atoms. The van der Waals surface area contributed by atoms with Crippen LogP contribution in [0.1, 0.15) is 13.0 Å². The minimum atomic E-state index is 0. The van der Waals surface area contributed by atoms with Gasteiger partial charge in [-0.3, -0.25) is 4.98 Å². The standard InChI is InChI=1S/C6H7N.CH4.CH3.U/c1-6-2-4-7-5-3-6;;;/h2-5H,1H3;1H4;1H3;/q;;-1;. The van der Waals surface area contributed by atoms with E-state index in [0.29, 0.717) is 0 Å². The quantitative estimate of drug-likeness (QED) is 0.647. The van der Waals surface area contributed by atoms with Crippen LogP contribution in [0.2, 0.25) is 0 Å². The number of hydrogen-bond donors (Lipinski definition) is 0. The zero-order valence-corrected chi connectivity index (χ0v) is 9.92. The van der Waals surface area contributed by atoms with E-state index in [2.05, 4.69) is 4.98 Å². The Morgan fingerprint density at radius 1 is 1.20 bits per heavy atom. The first-order chi connectivity index (χ1) is 3.39. The van der Waals surface area contributed by atoms with Gasteiger partial charge in [0, 0.05) is 43.5 Å². The molecule has 0 fully saturated rings. The van der Waals surface area contributed by atoms with Crippen molar-refractivity contribution >= 4 is 0 Å². The van der Waals surface area contributed by atoms with Crippen LogP contribution in [0, 0.1) is 45.5 Å². The van der Waals surface area contributed by atoms with E-state index >= 15 is 0 Å². The van der Waals surface area contributed by atoms with E-state index in [1.807, 2.05) is 19.1 Å². The summed E-state index contributed by atoms with van der Waals surface area (Å²) < 4.78 is 0. The number of nitrogens with zero attached hydrogens (tertiary/aromatic N) is 1. The first-order valence-electron chi connectivity index (χ1n) is 2.26. The first-order valence-corrected chi connectivity index (χ1v) is 2.26. The van der Waals surface area contributed by atoms with E-state index in [-0.39, 0.29) is 46.0 Å². The van der Waals surface area contributed by atoms with Crippen molar-refractivity contribution in [2.45, 2.75) is 14.4 Å². The van der Waals surface area contributed by atoms with Gasteiger partial charge in [0.15, 0.2) is 0 Å². The Balaban J connectivity index is -0.000000163. The molecule has 0 aromatic carbocycles. The molecule has 0 saturated heterocycles. The topological polar surface area (TPSA) is 12.9 Å². The van der Waals surface area contributed by atoms with Gasteiger partial charge in [-0.05, 0) is 24.6 Å². The molecular weight excluding hydrogens is 348 g/mol. The summed E-state index contributed by atoms with van der Waals surface area (Å²) in [6.07, 6.45) is 3.57. The van der Waals surface area contributed by atoms with E-state index in [1.54, 1.807) is 12.4 Å². The first kappa shape index (κ1) is 16.7.